The topological polar surface area (TPSA) is 601 Å². The Morgan fingerprint density at radius 2 is 0.616 bits per heavy atom. The normalized spacial score (nSPS) is 9.94. The minimum absolute atomic E-state index is 0. The largest absolute Gasteiger partial charge is 0.478 e. The van der Waals surface area contributed by atoms with Gasteiger partial charge in [0.25, 0.3) is 0 Å². The van der Waals surface area contributed by atoms with E-state index in [1.807, 2.05) is 0 Å². The summed E-state index contributed by atoms with van der Waals surface area (Å²) in [5.74, 6) is -4.14. The van der Waals surface area contributed by atoms with E-state index in [1.165, 1.54) is 51.3 Å². The Kier molecular flexibility index (Phi) is 75.3. The summed E-state index contributed by atoms with van der Waals surface area (Å²) >= 11 is 9.35. The zero-order valence-electron chi connectivity index (χ0n) is 69.2. The van der Waals surface area contributed by atoms with Crippen LogP contribution in [-0.2, 0) is 156 Å². The van der Waals surface area contributed by atoms with Crippen LogP contribution in [0.25, 0.3) is 30.4 Å². The number of halogens is 2. The van der Waals surface area contributed by atoms with Gasteiger partial charge in [-0.25, -0.2) is 28.8 Å². The van der Waals surface area contributed by atoms with E-state index in [1.54, 1.807) is 149 Å². The van der Waals surface area contributed by atoms with Crippen LogP contribution >= 0.6 is 23.2 Å². The predicted octanol–water partition coefficient (Wildman–Crippen LogP) is 7.57. The van der Waals surface area contributed by atoms with Crippen LogP contribution in [0.2, 0.25) is 0 Å². The molecule has 684 valence electrons. The number of benzene rings is 6. The summed E-state index contributed by atoms with van der Waals surface area (Å²) in [4.78, 5) is 126. The number of aldehydes is 1. The number of carboxylic acid groups (broad SMARTS) is 2. The zero-order valence-corrected chi connectivity index (χ0v) is 70.7. The number of Topliss-reactive ketones (excluding diaryl/α,β-unsaturated/α-hetero) is 1. The second-order valence-corrected chi connectivity index (χ2v) is 24.5. The molecule has 6 rings (SSSR count). The molecular formula is C86H110B2Cl2O35. The summed E-state index contributed by atoms with van der Waals surface area (Å²) in [6, 6.07) is 30.1. The molecule has 39 heteroatoms. The van der Waals surface area contributed by atoms with E-state index in [4.69, 9.17) is 97.5 Å². The van der Waals surface area contributed by atoms with Crippen molar-refractivity contribution in [2.75, 3.05) is 33.5 Å². The molecule has 0 bridgehead atoms. The third-order valence-electron chi connectivity index (χ3n) is 14.6. The molecule has 0 fully saturated rings. The number of ether oxygens (including phenoxy) is 6. The molecule has 6 aromatic carbocycles. The van der Waals surface area contributed by atoms with Crippen LogP contribution in [0, 0.1) is 0 Å². The van der Waals surface area contributed by atoms with Gasteiger partial charge >= 0.3 is 76.2 Å². The SMILES string of the molecule is C.CC(=O)Cl.CCOC(=O)CCC(=O)/C=C/c1ccc(CO)c(CO)c1.CCOC(=O)CCC(C)=O.CCOC(=O)Cl.CCOC(=O)OC(=O)/C=C/c1ccc(CO)c(CO)c1.COC(=O)/C=C/c1ccc(CO)c(CO)c1.O=BB(O)O.O=C(O)/C=C/c1ccc(CO)c(CO)c1.O=C(O)/C=C/c1ccc(CO)c(CO)c1.O=Cc1ccc(CO)c(CO)c1. The van der Waals surface area contributed by atoms with Gasteiger partial charge in [-0.05, 0) is 208 Å². The van der Waals surface area contributed by atoms with E-state index in [-0.39, 0.29) is 148 Å². The minimum Gasteiger partial charge on any atom is -0.478 e. The smallest absolute Gasteiger partial charge is 0.328 e. The van der Waals surface area contributed by atoms with Crippen molar-refractivity contribution in [3.05, 3.63) is 240 Å². The summed E-state index contributed by atoms with van der Waals surface area (Å²) < 4.78 is 35.8. The maximum atomic E-state index is 11.6. The number of rotatable bonds is 34. The quantitative estimate of drug-likeness (QED) is 0.00352. The molecule has 0 saturated carbocycles. The van der Waals surface area contributed by atoms with Crippen molar-refractivity contribution in [1.29, 1.82) is 0 Å². The molecule has 0 radical (unpaired) electrons. The molecule has 0 spiro atoms. The van der Waals surface area contributed by atoms with E-state index < -0.39 is 42.5 Å². The minimum atomic E-state index is -1.80. The van der Waals surface area contributed by atoms with Gasteiger partial charge in [-0.15, -0.1) is 0 Å². The number of aliphatic hydroxyl groups excluding tert-OH is 12. The van der Waals surface area contributed by atoms with Gasteiger partial charge < -0.3 is 105 Å². The van der Waals surface area contributed by atoms with Gasteiger partial charge in [0, 0.05) is 61.2 Å². The first-order valence-corrected chi connectivity index (χ1v) is 37.7. The monoisotopic (exact) mass is 1790 g/mol. The molecule has 35 nitrogen and oxygen atoms in total. The number of hydrogen-bond donors (Lipinski definition) is 16. The fourth-order valence-electron chi connectivity index (χ4n) is 8.63. The van der Waals surface area contributed by atoms with Gasteiger partial charge in [-0.3, -0.25) is 24.0 Å². The van der Waals surface area contributed by atoms with Crippen molar-refractivity contribution in [3.8, 4) is 0 Å². The number of carbonyl (C=O) groups is 12. The molecule has 6 aromatic rings. The molecule has 0 aliphatic rings. The zero-order chi connectivity index (χ0) is 94.9. The van der Waals surface area contributed by atoms with Crippen molar-refractivity contribution in [2.45, 2.75) is 154 Å². The molecule has 0 aliphatic heterocycles. The number of esters is 4. The fourth-order valence-corrected chi connectivity index (χ4v) is 8.74. The number of aliphatic hydroxyl groups is 12. The van der Waals surface area contributed by atoms with Crippen LogP contribution in [0.4, 0.5) is 9.59 Å². The molecule has 16 N–H and O–H groups in total. The van der Waals surface area contributed by atoms with Gasteiger partial charge in [0.15, 0.2) is 5.78 Å². The van der Waals surface area contributed by atoms with Gasteiger partial charge in [-0.1, -0.05) is 86.3 Å². The first kappa shape index (κ1) is 122. The van der Waals surface area contributed by atoms with Crippen LogP contribution in [0.5, 0.6) is 0 Å². The van der Waals surface area contributed by atoms with Crippen LogP contribution in [0.3, 0.4) is 0 Å². The summed E-state index contributed by atoms with van der Waals surface area (Å²) in [6.45, 7) is 8.80. The van der Waals surface area contributed by atoms with Gasteiger partial charge in [0.2, 0.25) is 5.24 Å². The molecule has 0 aromatic heterocycles. The first-order chi connectivity index (χ1) is 59.0. The van der Waals surface area contributed by atoms with Crippen molar-refractivity contribution in [1.82, 2.24) is 0 Å². The second kappa shape index (κ2) is 77.2. The Bertz CT molecular complexity index is 4330. The van der Waals surface area contributed by atoms with Crippen LogP contribution in [0.1, 0.15) is 180 Å². The summed E-state index contributed by atoms with van der Waals surface area (Å²) in [5.41, 5.74) is 10.8. The molecule has 125 heavy (non-hydrogen) atoms. The van der Waals surface area contributed by atoms with E-state index >= 15 is 0 Å². The number of aliphatic carboxylic acids is 2. The number of carboxylic acids is 2. The van der Waals surface area contributed by atoms with Gasteiger partial charge in [0.1, 0.15) is 12.1 Å². The standard InChI is InChI=1S/C16H20O5.C14H16O6.C12H14O4.2C11H12O4.C9H10O3.C7H12O3.C3H5ClO2.C2H3ClO.CH4.B2H2O3/c1-2-21-16(20)8-7-15(19)6-4-12-3-5-13(10-17)14(9-12)11-18;1-2-19-14(18)20-13(17)6-4-10-3-5-11(8-15)12(7-10)9-16;1-16-12(15)5-3-9-2-4-10(7-13)11(6-9)8-14;2*12-6-9-3-1-8(2-4-11(14)15)5-10(9)7-13;10-4-7-1-2-8(5-11)9(3-7)6-12;1-3-10-7(9)5-4-6(2)8;1-2-6-3(4)5;1-2(3)4;;3-1-2(4)5/h3-6,9,17-18H,2,7-8,10-11H2,1H3;3-7,15-16H,2,8-9H2,1H3;2-6,13-14H,7-8H2,1H3;2*1-5,12-13H,6-7H2,(H,14,15);1-4,11-12H,5-6H2;3-5H2,1-2H3;2H2,1H3;1H3;1H4;4-5H/b2*6-4+;5-3+;2*4-2+;;;;;;. The van der Waals surface area contributed by atoms with Gasteiger partial charge in [-0.2, -0.15) is 0 Å². The van der Waals surface area contributed by atoms with Gasteiger partial charge in [0.05, 0.1) is 126 Å². The number of hydrogen-bond acceptors (Lipinski definition) is 33. The Morgan fingerprint density at radius 1 is 0.368 bits per heavy atom. The molecule has 0 unspecified atom stereocenters. The molecule has 0 saturated heterocycles. The van der Waals surface area contributed by atoms with E-state index in [0.717, 1.165) is 29.4 Å². The number of ketones is 2. The predicted molar refractivity (Wildman–Crippen MR) is 461 cm³/mol. The molecule has 0 heterocycles. The average molecular weight is 1800 g/mol. The first-order valence-electron chi connectivity index (χ1n) is 36.9. The van der Waals surface area contributed by atoms with E-state index in [0.29, 0.717) is 122 Å². The van der Waals surface area contributed by atoms with Crippen molar-refractivity contribution < 1.29 is 172 Å². The molecule has 0 amide bonds. The Hall–Kier alpha value is -11.6. The maximum Gasteiger partial charge on any atom is 0.328 e. The van der Waals surface area contributed by atoms with Crippen LogP contribution in [-0.4, -0.2) is 200 Å². The number of allylic oxidation sites excluding steroid dienone is 1. The Labute approximate surface area is 734 Å². The van der Waals surface area contributed by atoms with E-state index in [2.05, 4.69) is 35.3 Å². The van der Waals surface area contributed by atoms with Crippen LogP contribution in [0.15, 0.2) is 140 Å². The summed E-state index contributed by atoms with van der Waals surface area (Å²) in [5, 5.41) is 140. The average Bonchev–Trinajstić information content (AvgIpc) is 0.881. The third kappa shape index (κ3) is 63.1. The summed E-state index contributed by atoms with van der Waals surface area (Å²) in [7, 11) is -0.462. The molecule has 0 atom stereocenters. The molecule has 0 aliphatic carbocycles. The second-order valence-electron chi connectivity index (χ2n) is 23.6. The number of methoxy groups -OCH3 is 1. The van der Waals surface area contributed by atoms with Crippen molar-refractivity contribution in [3.63, 3.8) is 0 Å². The molecular weight excluding hydrogens is 1690 g/mol. The fraction of sp³-hybridized carbons (Fsp3) is 0.326. The maximum absolute atomic E-state index is 11.6. The van der Waals surface area contributed by atoms with Crippen molar-refractivity contribution in [2.24, 2.45) is 0 Å². The Balaban J connectivity index is -0.000000439. The third-order valence-corrected chi connectivity index (χ3v) is 14.7. The number of carbonyl (C=O) groups excluding carboxylic acids is 10. The summed E-state index contributed by atoms with van der Waals surface area (Å²) in [6.07, 6.45) is 13.7. The Morgan fingerprint density at radius 3 is 0.840 bits per heavy atom. The van der Waals surface area contributed by atoms with E-state index in [9.17, 15) is 62.6 Å². The van der Waals surface area contributed by atoms with Crippen molar-refractivity contribution >= 4 is 138 Å². The van der Waals surface area contributed by atoms with Crippen LogP contribution < -0.4 is 0 Å².